The first kappa shape index (κ1) is 9.71. The fraction of sp³-hybridized carbons (Fsp3) is 0.727. The predicted molar refractivity (Wildman–Crippen MR) is 57.0 cm³/mol. The van der Waals surface area contributed by atoms with E-state index in [1.165, 1.54) is 37.2 Å². The van der Waals surface area contributed by atoms with Crippen LogP contribution < -0.4 is 5.73 Å². The number of nitrogens with zero attached hydrogens (tertiary/aromatic N) is 2. The van der Waals surface area contributed by atoms with Crippen LogP contribution in [0, 0.1) is 6.92 Å². The molecule has 1 heterocycles. The highest BCUT2D eigenvalue weighted by Crippen LogP contribution is 2.33. The van der Waals surface area contributed by atoms with Gasteiger partial charge in [-0.25, -0.2) is 4.98 Å². The maximum Gasteiger partial charge on any atom is 0.112 e. The van der Waals surface area contributed by atoms with Crippen molar-refractivity contribution in [2.75, 3.05) is 0 Å². The third-order valence-corrected chi connectivity index (χ3v) is 3.36. The third kappa shape index (κ3) is 1.46. The van der Waals surface area contributed by atoms with E-state index in [2.05, 4.69) is 23.5 Å². The molecular formula is C11H19N3. The molecule has 1 aromatic heterocycles. The molecule has 1 aliphatic carbocycles. The van der Waals surface area contributed by atoms with Gasteiger partial charge < -0.3 is 10.3 Å². The van der Waals surface area contributed by atoms with Gasteiger partial charge in [-0.2, -0.15) is 0 Å². The quantitative estimate of drug-likeness (QED) is 0.779. The minimum absolute atomic E-state index is 0.599. The van der Waals surface area contributed by atoms with Gasteiger partial charge in [0.05, 0.1) is 11.4 Å². The Morgan fingerprint density at radius 1 is 1.43 bits per heavy atom. The fourth-order valence-corrected chi connectivity index (χ4v) is 2.53. The zero-order chi connectivity index (χ0) is 10.1. The summed E-state index contributed by atoms with van der Waals surface area (Å²) in [7, 11) is 2.09. The van der Waals surface area contributed by atoms with Crippen LogP contribution in [-0.4, -0.2) is 9.55 Å². The van der Waals surface area contributed by atoms with Crippen molar-refractivity contribution in [3.05, 3.63) is 17.2 Å². The summed E-state index contributed by atoms with van der Waals surface area (Å²) in [4.78, 5) is 4.65. The van der Waals surface area contributed by atoms with Crippen molar-refractivity contribution < 1.29 is 0 Å². The molecule has 0 unspecified atom stereocenters. The molecule has 0 bridgehead atoms. The number of nitrogens with two attached hydrogens (primary N) is 1. The minimum atomic E-state index is 0.599. The van der Waals surface area contributed by atoms with E-state index < -0.39 is 0 Å². The maximum atomic E-state index is 5.70. The Kier molecular flexibility index (Phi) is 2.59. The molecule has 0 radical (unpaired) electrons. The van der Waals surface area contributed by atoms with E-state index in [4.69, 9.17) is 5.73 Å². The second-order valence-electron chi connectivity index (χ2n) is 4.25. The van der Waals surface area contributed by atoms with E-state index >= 15 is 0 Å². The summed E-state index contributed by atoms with van der Waals surface area (Å²) in [5.41, 5.74) is 8.00. The van der Waals surface area contributed by atoms with Crippen LogP contribution in [0.25, 0.3) is 0 Å². The Morgan fingerprint density at radius 3 is 2.57 bits per heavy atom. The first-order chi connectivity index (χ1) is 6.74. The Labute approximate surface area is 85.3 Å². The summed E-state index contributed by atoms with van der Waals surface area (Å²) in [6.45, 7) is 2.66. The van der Waals surface area contributed by atoms with Crippen LogP contribution in [-0.2, 0) is 13.6 Å². The van der Waals surface area contributed by atoms with E-state index in [9.17, 15) is 0 Å². The summed E-state index contributed by atoms with van der Waals surface area (Å²) in [5, 5.41) is 0. The average Bonchev–Trinajstić information content (AvgIpc) is 2.74. The van der Waals surface area contributed by atoms with Crippen molar-refractivity contribution in [3.63, 3.8) is 0 Å². The molecule has 3 nitrogen and oxygen atoms in total. The van der Waals surface area contributed by atoms with Crippen molar-refractivity contribution in [1.29, 1.82) is 0 Å². The number of rotatable bonds is 2. The lowest BCUT2D eigenvalue weighted by molar-refractivity contribution is 0.622. The van der Waals surface area contributed by atoms with Crippen LogP contribution in [0.3, 0.4) is 0 Å². The Balaban J connectivity index is 2.33. The summed E-state index contributed by atoms with van der Waals surface area (Å²) >= 11 is 0. The van der Waals surface area contributed by atoms with Gasteiger partial charge >= 0.3 is 0 Å². The molecule has 1 saturated carbocycles. The second-order valence-corrected chi connectivity index (χ2v) is 4.25. The highest BCUT2D eigenvalue weighted by Gasteiger charge is 2.22. The van der Waals surface area contributed by atoms with Crippen molar-refractivity contribution in [2.24, 2.45) is 12.8 Å². The molecule has 78 valence electrons. The van der Waals surface area contributed by atoms with Crippen molar-refractivity contribution in [2.45, 2.75) is 45.1 Å². The summed E-state index contributed by atoms with van der Waals surface area (Å²) < 4.78 is 2.20. The van der Waals surface area contributed by atoms with Gasteiger partial charge in [0.2, 0.25) is 0 Å². The molecule has 0 saturated heterocycles. The molecule has 1 fully saturated rings. The molecule has 1 aromatic rings. The number of hydrogen-bond acceptors (Lipinski definition) is 2. The van der Waals surface area contributed by atoms with Crippen LogP contribution in [0.4, 0.5) is 0 Å². The van der Waals surface area contributed by atoms with Gasteiger partial charge in [0.15, 0.2) is 0 Å². The Morgan fingerprint density at radius 2 is 2.07 bits per heavy atom. The van der Waals surface area contributed by atoms with E-state index in [1.807, 2.05) is 0 Å². The van der Waals surface area contributed by atoms with Gasteiger partial charge in [0, 0.05) is 19.5 Å². The third-order valence-electron chi connectivity index (χ3n) is 3.36. The molecule has 2 rings (SSSR count). The van der Waals surface area contributed by atoms with Gasteiger partial charge in [-0.1, -0.05) is 12.8 Å². The van der Waals surface area contributed by atoms with Gasteiger partial charge in [-0.3, -0.25) is 0 Å². The Bertz CT molecular complexity index is 322. The normalized spacial score (nSPS) is 17.9. The highest BCUT2D eigenvalue weighted by atomic mass is 15.1. The van der Waals surface area contributed by atoms with E-state index in [1.54, 1.807) is 0 Å². The zero-order valence-electron chi connectivity index (χ0n) is 9.08. The van der Waals surface area contributed by atoms with Crippen LogP contribution in [0.15, 0.2) is 0 Å². The molecule has 0 aliphatic heterocycles. The highest BCUT2D eigenvalue weighted by molar-refractivity contribution is 5.18. The van der Waals surface area contributed by atoms with Gasteiger partial charge in [-0.15, -0.1) is 0 Å². The summed E-state index contributed by atoms with van der Waals surface area (Å²) in [5.74, 6) is 1.93. The zero-order valence-corrected chi connectivity index (χ0v) is 9.08. The number of imidazole rings is 1. The summed E-state index contributed by atoms with van der Waals surface area (Å²) in [6.07, 6.45) is 5.31. The van der Waals surface area contributed by atoms with Crippen LogP contribution >= 0.6 is 0 Å². The monoisotopic (exact) mass is 193 g/mol. The van der Waals surface area contributed by atoms with Crippen molar-refractivity contribution >= 4 is 0 Å². The molecule has 3 heteroatoms. The van der Waals surface area contributed by atoms with Crippen LogP contribution in [0.1, 0.15) is 48.8 Å². The van der Waals surface area contributed by atoms with Gasteiger partial charge in [0.25, 0.3) is 0 Å². The molecule has 1 aliphatic rings. The molecule has 2 N–H and O–H groups in total. The molecule has 0 atom stereocenters. The van der Waals surface area contributed by atoms with Crippen LogP contribution in [0.5, 0.6) is 0 Å². The number of aryl methyl sites for hydroxylation is 1. The topological polar surface area (TPSA) is 43.8 Å². The SMILES string of the molecule is Cc1nc(C2CCCC2)n(C)c1CN. The lowest BCUT2D eigenvalue weighted by Crippen LogP contribution is -2.08. The lowest BCUT2D eigenvalue weighted by Gasteiger charge is -2.09. The van der Waals surface area contributed by atoms with Crippen molar-refractivity contribution in [3.8, 4) is 0 Å². The maximum absolute atomic E-state index is 5.70. The fourth-order valence-electron chi connectivity index (χ4n) is 2.53. The Hall–Kier alpha value is -0.830. The largest absolute Gasteiger partial charge is 0.333 e. The smallest absolute Gasteiger partial charge is 0.112 e. The average molecular weight is 193 g/mol. The second kappa shape index (κ2) is 3.73. The van der Waals surface area contributed by atoms with E-state index in [0.717, 1.165) is 5.69 Å². The lowest BCUT2D eigenvalue weighted by atomic mass is 10.1. The van der Waals surface area contributed by atoms with E-state index in [-0.39, 0.29) is 0 Å². The standard InChI is InChI=1S/C11H19N3/c1-8-10(7-12)14(2)11(13-8)9-5-3-4-6-9/h9H,3-7,12H2,1-2H3. The van der Waals surface area contributed by atoms with E-state index in [0.29, 0.717) is 12.5 Å². The predicted octanol–water partition coefficient (Wildman–Crippen LogP) is 1.84. The first-order valence-electron chi connectivity index (χ1n) is 5.46. The molecule has 0 aromatic carbocycles. The van der Waals surface area contributed by atoms with Gasteiger partial charge in [-0.05, 0) is 19.8 Å². The van der Waals surface area contributed by atoms with Gasteiger partial charge in [0.1, 0.15) is 5.82 Å². The minimum Gasteiger partial charge on any atom is -0.333 e. The molecule has 14 heavy (non-hydrogen) atoms. The number of hydrogen-bond donors (Lipinski definition) is 1. The van der Waals surface area contributed by atoms with Crippen molar-refractivity contribution in [1.82, 2.24) is 9.55 Å². The first-order valence-corrected chi connectivity index (χ1v) is 5.46. The number of aromatic nitrogens is 2. The molecular weight excluding hydrogens is 174 g/mol. The molecule has 0 amide bonds. The summed E-state index contributed by atoms with van der Waals surface area (Å²) in [6, 6.07) is 0. The van der Waals surface area contributed by atoms with Crippen LogP contribution in [0.2, 0.25) is 0 Å². The molecule has 0 spiro atoms.